The van der Waals surface area contributed by atoms with Crippen LogP contribution < -0.4 is 5.32 Å². The van der Waals surface area contributed by atoms with Crippen LogP contribution in [0.1, 0.15) is 32.3 Å². The van der Waals surface area contributed by atoms with Crippen molar-refractivity contribution in [2.45, 2.75) is 39.7 Å². The van der Waals surface area contributed by atoms with Gasteiger partial charge in [0.05, 0.1) is 16.1 Å². The van der Waals surface area contributed by atoms with E-state index in [4.69, 9.17) is 21.6 Å². The van der Waals surface area contributed by atoms with Gasteiger partial charge in [-0.15, -0.1) is 0 Å². The minimum atomic E-state index is 0.314. The van der Waals surface area contributed by atoms with Gasteiger partial charge in [-0.2, -0.15) is 0 Å². The summed E-state index contributed by atoms with van der Waals surface area (Å²) in [5, 5.41) is 6.44. The van der Waals surface area contributed by atoms with Crippen molar-refractivity contribution in [2.75, 3.05) is 25.5 Å². The number of aromatic amines is 1. The first-order chi connectivity index (χ1) is 15.0. The summed E-state index contributed by atoms with van der Waals surface area (Å²) in [6.07, 6.45) is 4.18. The van der Waals surface area contributed by atoms with Crippen molar-refractivity contribution in [3.8, 4) is 11.4 Å². The fourth-order valence-electron chi connectivity index (χ4n) is 3.96. The molecule has 0 saturated heterocycles. The van der Waals surface area contributed by atoms with E-state index in [1.807, 2.05) is 18.3 Å². The van der Waals surface area contributed by atoms with Crippen LogP contribution in [0.4, 0.5) is 5.82 Å². The third-order valence-electron chi connectivity index (χ3n) is 5.93. The van der Waals surface area contributed by atoms with Gasteiger partial charge in [0.2, 0.25) is 0 Å². The summed E-state index contributed by atoms with van der Waals surface area (Å²) in [6, 6.07) is 12.5. The van der Waals surface area contributed by atoms with E-state index < -0.39 is 0 Å². The average Bonchev–Trinajstić information content (AvgIpc) is 3.19. The van der Waals surface area contributed by atoms with Crippen LogP contribution in [0.15, 0.2) is 42.6 Å². The van der Waals surface area contributed by atoms with E-state index in [1.165, 1.54) is 0 Å². The van der Waals surface area contributed by atoms with Gasteiger partial charge in [0.25, 0.3) is 0 Å². The van der Waals surface area contributed by atoms with Crippen LogP contribution in [0.25, 0.3) is 33.2 Å². The van der Waals surface area contributed by atoms with Crippen LogP contribution in [-0.2, 0) is 0 Å². The second-order valence-corrected chi connectivity index (χ2v) is 8.72. The summed E-state index contributed by atoms with van der Waals surface area (Å²) in [5.41, 5.74) is 3.99. The Morgan fingerprint density at radius 3 is 2.71 bits per heavy atom. The van der Waals surface area contributed by atoms with Crippen molar-refractivity contribution in [2.24, 2.45) is 0 Å². The molecule has 0 aliphatic rings. The number of rotatable bonds is 8. The first-order valence-electron chi connectivity index (χ1n) is 11.0. The van der Waals surface area contributed by atoms with Gasteiger partial charge >= 0.3 is 0 Å². The maximum atomic E-state index is 6.37. The number of hydrogen-bond acceptors (Lipinski definition) is 4. The Morgan fingerprint density at radius 2 is 1.90 bits per heavy atom. The summed E-state index contributed by atoms with van der Waals surface area (Å²) in [6.45, 7) is 8.69. The highest BCUT2D eigenvalue weighted by molar-refractivity contribution is 6.35. The molecule has 0 amide bonds. The Bertz CT molecular complexity index is 1200. The Labute approximate surface area is 188 Å². The topological polar surface area (TPSA) is 56.8 Å². The van der Waals surface area contributed by atoms with Crippen molar-refractivity contribution in [3.05, 3.63) is 53.2 Å². The van der Waals surface area contributed by atoms with Gasteiger partial charge in [0.1, 0.15) is 5.82 Å². The molecule has 0 bridgehead atoms. The van der Waals surface area contributed by atoms with Crippen LogP contribution >= 0.6 is 11.6 Å². The molecule has 0 aliphatic carbocycles. The molecular formula is C25H30ClN5. The molecule has 2 aromatic carbocycles. The average molecular weight is 436 g/mol. The Kier molecular flexibility index (Phi) is 6.44. The van der Waals surface area contributed by atoms with Crippen molar-refractivity contribution in [1.29, 1.82) is 0 Å². The molecular weight excluding hydrogens is 406 g/mol. The standard InChI is InChI=1S/C25H30ClN5/c1-5-31(4)14-8-10-17(3)28-24-19-12-6-9-16(2)22(19)29-25(30-24)20-15-27-23-18(20)11-7-13-21(23)26/h6-7,9,11-13,15,17,27H,5,8,10,14H2,1-4H3,(H,28,29,30). The maximum Gasteiger partial charge on any atom is 0.164 e. The molecule has 31 heavy (non-hydrogen) atoms. The molecule has 4 aromatic rings. The smallest absolute Gasteiger partial charge is 0.164 e. The van der Waals surface area contributed by atoms with Gasteiger partial charge in [-0.25, -0.2) is 9.97 Å². The van der Waals surface area contributed by atoms with E-state index in [0.717, 1.165) is 64.7 Å². The van der Waals surface area contributed by atoms with Crippen molar-refractivity contribution in [1.82, 2.24) is 19.9 Å². The number of nitrogens with one attached hydrogen (secondary N) is 2. The second-order valence-electron chi connectivity index (χ2n) is 8.32. The summed E-state index contributed by atoms with van der Waals surface area (Å²) >= 11 is 6.37. The molecule has 0 spiro atoms. The molecule has 6 heteroatoms. The van der Waals surface area contributed by atoms with Crippen LogP contribution in [0.2, 0.25) is 5.02 Å². The molecule has 0 radical (unpaired) electrons. The Hall–Kier alpha value is -2.63. The largest absolute Gasteiger partial charge is 0.367 e. The number of fused-ring (bicyclic) bond motifs is 2. The lowest BCUT2D eigenvalue weighted by Gasteiger charge is -2.19. The van der Waals surface area contributed by atoms with Crippen LogP contribution in [0.5, 0.6) is 0 Å². The number of H-pyrrole nitrogens is 1. The predicted octanol–water partition coefficient (Wildman–Crippen LogP) is 6.27. The van der Waals surface area contributed by atoms with E-state index in [1.54, 1.807) is 0 Å². The first kappa shape index (κ1) is 21.6. The number of benzene rings is 2. The van der Waals surface area contributed by atoms with Crippen LogP contribution in [0.3, 0.4) is 0 Å². The minimum Gasteiger partial charge on any atom is -0.367 e. The molecule has 2 heterocycles. The predicted molar refractivity (Wildman–Crippen MR) is 132 cm³/mol. The third-order valence-corrected chi connectivity index (χ3v) is 6.25. The van der Waals surface area contributed by atoms with Crippen molar-refractivity contribution >= 4 is 39.2 Å². The fourth-order valence-corrected chi connectivity index (χ4v) is 4.19. The third kappa shape index (κ3) is 4.53. The Balaban J connectivity index is 1.71. The van der Waals surface area contributed by atoms with Gasteiger partial charge in [0.15, 0.2) is 5.82 Å². The summed E-state index contributed by atoms with van der Waals surface area (Å²) in [4.78, 5) is 15.5. The monoisotopic (exact) mass is 435 g/mol. The van der Waals surface area contributed by atoms with Crippen LogP contribution in [-0.4, -0.2) is 46.0 Å². The molecule has 2 N–H and O–H groups in total. The van der Waals surface area contributed by atoms with E-state index in [2.05, 4.69) is 67.3 Å². The normalized spacial score (nSPS) is 12.7. The SMILES string of the molecule is CCN(C)CCCC(C)Nc1nc(-c2c[nH]c3c(Cl)cccc23)nc2c(C)cccc12. The first-order valence-corrected chi connectivity index (χ1v) is 11.3. The molecule has 4 rings (SSSR count). The van der Waals surface area contributed by atoms with E-state index in [9.17, 15) is 0 Å². The quantitative estimate of drug-likeness (QED) is 0.342. The van der Waals surface area contributed by atoms with E-state index in [-0.39, 0.29) is 0 Å². The number of para-hydroxylation sites is 2. The summed E-state index contributed by atoms with van der Waals surface area (Å²) < 4.78 is 0. The van der Waals surface area contributed by atoms with Crippen molar-refractivity contribution in [3.63, 3.8) is 0 Å². The molecule has 0 saturated carbocycles. The zero-order chi connectivity index (χ0) is 22.0. The highest BCUT2D eigenvalue weighted by atomic mass is 35.5. The molecule has 2 aromatic heterocycles. The molecule has 1 unspecified atom stereocenters. The molecule has 0 fully saturated rings. The zero-order valence-electron chi connectivity index (χ0n) is 18.7. The number of halogens is 1. The lowest BCUT2D eigenvalue weighted by atomic mass is 10.1. The summed E-state index contributed by atoms with van der Waals surface area (Å²) in [7, 11) is 2.17. The fraction of sp³-hybridized carbons (Fsp3) is 0.360. The van der Waals surface area contributed by atoms with E-state index >= 15 is 0 Å². The number of hydrogen-bond donors (Lipinski definition) is 2. The van der Waals surface area contributed by atoms with Gasteiger partial charge in [-0.3, -0.25) is 0 Å². The molecule has 0 aliphatic heterocycles. The second kappa shape index (κ2) is 9.25. The highest BCUT2D eigenvalue weighted by Crippen LogP contribution is 2.33. The zero-order valence-corrected chi connectivity index (χ0v) is 19.4. The Morgan fingerprint density at radius 1 is 1.13 bits per heavy atom. The lowest BCUT2D eigenvalue weighted by Crippen LogP contribution is -2.22. The van der Waals surface area contributed by atoms with Gasteiger partial charge in [0, 0.05) is 28.6 Å². The number of nitrogens with zero attached hydrogens (tertiary/aromatic N) is 3. The summed E-state index contributed by atoms with van der Waals surface area (Å²) in [5.74, 6) is 1.59. The van der Waals surface area contributed by atoms with Gasteiger partial charge in [-0.05, 0) is 64.5 Å². The molecule has 162 valence electrons. The number of anilines is 1. The minimum absolute atomic E-state index is 0.314. The van der Waals surface area contributed by atoms with Crippen molar-refractivity contribution < 1.29 is 0 Å². The highest BCUT2D eigenvalue weighted by Gasteiger charge is 2.16. The molecule has 5 nitrogen and oxygen atoms in total. The maximum absolute atomic E-state index is 6.37. The van der Waals surface area contributed by atoms with Crippen LogP contribution in [0, 0.1) is 6.92 Å². The number of aromatic nitrogens is 3. The lowest BCUT2D eigenvalue weighted by molar-refractivity contribution is 0.340. The molecule has 1 atom stereocenters. The van der Waals surface area contributed by atoms with Gasteiger partial charge < -0.3 is 15.2 Å². The number of aryl methyl sites for hydroxylation is 1. The van der Waals surface area contributed by atoms with E-state index in [0.29, 0.717) is 16.9 Å². The van der Waals surface area contributed by atoms with Gasteiger partial charge in [-0.1, -0.05) is 42.8 Å².